The first-order valence-electron chi connectivity index (χ1n) is 15.9. The van der Waals surface area contributed by atoms with Crippen LogP contribution in [0.4, 0.5) is 0 Å². The molecule has 0 aromatic rings. The number of aliphatic hydroxyl groups is 3. The Morgan fingerprint density at radius 2 is 1.34 bits per heavy atom. The number of aliphatic hydroxyl groups excluding tert-OH is 3. The van der Waals surface area contributed by atoms with Crippen molar-refractivity contribution in [3.63, 3.8) is 0 Å². The predicted octanol–water partition coefficient (Wildman–Crippen LogP) is 7.15. The van der Waals surface area contributed by atoms with Crippen LogP contribution < -0.4 is 0 Å². The van der Waals surface area contributed by atoms with Gasteiger partial charge in [-0.15, -0.1) is 0 Å². The van der Waals surface area contributed by atoms with Crippen LogP contribution in [0.5, 0.6) is 0 Å². The van der Waals surface area contributed by atoms with E-state index in [0.717, 1.165) is 70.6 Å². The molecule has 0 bridgehead atoms. The highest BCUT2D eigenvalue weighted by atomic mass is 16.5. The molecule has 0 aliphatic rings. The van der Waals surface area contributed by atoms with Crippen molar-refractivity contribution in [1.82, 2.24) is 0 Å². The Morgan fingerprint density at radius 3 is 1.97 bits per heavy atom. The fourth-order valence-corrected chi connectivity index (χ4v) is 5.16. The first-order chi connectivity index (χ1) is 18.3. The summed E-state index contributed by atoms with van der Waals surface area (Å²) in [5.74, 6) is 0.360. The molecular weight excluding hydrogens is 480 g/mol. The first-order valence-corrected chi connectivity index (χ1v) is 15.9. The molecule has 0 aromatic carbocycles. The minimum Gasteiger partial charge on any atom is -0.394 e. The Hall–Kier alpha value is -0.530. The summed E-state index contributed by atoms with van der Waals surface area (Å²) in [6.07, 6.45) is 18.0. The number of ketones is 1. The Labute approximate surface area is 235 Å². The van der Waals surface area contributed by atoms with Crippen molar-refractivity contribution < 1.29 is 29.6 Å². The third-order valence-corrected chi connectivity index (χ3v) is 7.55. The molecule has 6 nitrogen and oxygen atoms in total. The van der Waals surface area contributed by atoms with E-state index in [2.05, 4.69) is 20.8 Å². The summed E-state index contributed by atoms with van der Waals surface area (Å²) >= 11 is 0. The van der Waals surface area contributed by atoms with Gasteiger partial charge in [-0.3, -0.25) is 4.79 Å². The van der Waals surface area contributed by atoms with Crippen molar-refractivity contribution in [2.75, 3.05) is 26.4 Å². The minimum atomic E-state index is -0.652. The zero-order valence-corrected chi connectivity index (χ0v) is 25.6. The van der Waals surface area contributed by atoms with Crippen LogP contribution >= 0.6 is 0 Å². The van der Waals surface area contributed by atoms with Crippen molar-refractivity contribution >= 4 is 5.78 Å². The van der Waals surface area contributed by atoms with Gasteiger partial charge >= 0.3 is 0 Å². The molecule has 0 radical (unpaired) electrons. The second-order valence-electron chi connectivity index (χ2n) is 12.0. The second kappa shape index (κ2) is 25.4. The second-order valence-corrected chi connectivity index (χ2v) is 12.0. The molecule has 3 unspecified atom stereocenters. The molecule has 0 saturated carbocycles. The van der Waals surface area contributed by atoms with Crippen LogP contribution in [0.2, 0.25) is 0 Å². The van der Waals surface area contributed by atoms with Gasteiger partial charge in [-0.2, -0.15) is 0 Å². The quantitative estimate of drug-likeness (QED) is 0.0865. The zero-order valence-electron chi connectivity index (χ0n) is 25.6. The maximum atomic E-state index is 12.2. The molecule has 0 heterocycles. The van der Waals surface area contributed by atoms with E-state index < -0.39 is 12.2 Å². The summed E-state index contributed by atoms with van der Waals surface area (Å²) < 4.78 is 11.4. The van der Waals surface area contributed by atoms with Crippen molar-refractivity contribution in [3.05, 3.63) is 0 Å². The van der Waals surface area contributed by atoms with E-state index in [0.29, 0.717) is 44.9 Å². The monoisotopic (exact) mass is 544 g/mol. The lowest BCUT2D eigenvalue weighted by Crippen LogP contribution is -2.30. The number of hydrogen-bond donors (Lipinski definition) is 3. The lowest BCUT2D eigenvalue weighted by molar-refractivity contribution is -0.119. The summed E-state index contributed by atoms with van der Waals surface area (Å²) in [5.41, 5.74) is -0.0111. The van der Waals surface area contributed by atoms with Crippen molar-refractivity contribution in [1.29, 1.82) is 0 Å². The lowest BCUT2D eigenvalue weighted by atomic mass is 9.81. The summed E-state index contributed by atoms with van der Waals surface area (Å²) in [7, 11) is 0. The van der Waals surface area contributed by atoms with E-state index in [4.69, 9.17) is 14.6 Å². The van der Waals surface area contributed by atoms with Gasteiger partial charge in [0, 0.05) is 19.4 Å². The summed E-state index contributed by atoms with van der Waals surface area (Å²) in [4.78, 5) is 12.2. The van der Waals surface area contributed by atoms with Gasteiger partial charge in [-0.25, -0.2) is 0 Å². The zero-order chi connectivity index (χ0) is 28.5. The fourth-order valence-electron chi connectivity index (χ4n) is 5.16. The van der Waals surface area contributed by atoms with Crippen LogP contribution in [0.1, 0.15) is 150 Å². The van der Waals surface area contributed by atoms with E-state index in [9.17, 15) is 15.0 Å². The van der Waals surface area contributed by atoms with Gasteiger partial charge in [0.2, 0.25) is 0 Å². The van der Waals surface area contributed by atoms with Crippen LogP contribution in [0.15, 0.2) is 0 Å². The normalized spacial score (nSPS) is 14.5. The third-order valence-electron chi connectivity index (χ3n) is 7.55. The van der Waals surface area contributed by atoms with Crippen LogP contribution in [-0.2, 0) is 14.3 Å². The summed E-state index contributed by atoms with van der Waals surface area (Å²) in [5, 5.41) is 29.4. The third kappa shape index (κ3) is 23.4. The highest BCUT2D eigenvalue weighted by Crippen LogP contribution is 2.29. The molecule has 0 aliphatic heterocycles. The van der Waals surface area contributed by atoms with Gasteiger partial charge < -0.3 is 24.8 Å². The van der Waals surface area contributed by atoms with E-state index >= 15 is 0 Å². The molecule has 3 N–H and O–H groups in total. The molecule has 0 fully saturated rings. The Kier molecular flexibility index (Phi) is 25.1. The van der Waals surface area contributed by atoms with E-state index in [1.54, 1.807) is 0 Å². The summed E-state index contributed by atoms with van der Waals surface area (Å²) in [6.45, 7) is 10.0. The van der Waals surface area contributed by atoms with E-state index in [1.807, 2.05) is 6.92 Å². The first kappa shape index (κ1) is 37.5. The van der Waals surface area contributed by atoms with Gasteiger partial charge in [-0.05, 0) is 50.9 Å². The number of ether oxygens (including phenoxy) is 2. The van der Waals surface area contributed by atoms with E-state index in [1.165, 1.54) is 32.1 Å². The molecule has 3 atom stereocenters. The molecule has 0 rings (SSSR count). The molecule has 0 spiro atoms. The fraction of sp³-hybridized carbons (Fsp3) is 0.969. The lowest BCUT2D eigenvalue weighted by Gasteiger charge is -2.26. The van der Waals surface area contributed by atoms with Crippen LogP contribution in [0.25, 0.3) is 0 Å². The topological polar surface area (TPSA) is 96.2 Å². The van der Waals surface area contributed by atoms with Gasteiger partial charge in [0.05, 0.1) is 38.1 Å². The largest absolute Gasteiger partial charge is 0.394 e. The highest BCUT2D eigenvalue weighted by Gasteiger charge is 2.22. The van der Waals surface area contributed by atoms with Crippen LogP contribution in [-0.4, -0.2) is 65.8 Å². The summed E-state index contributed by atoms with van der Waals surface area (Å²) in [6, 6.07) is 0. The Balaban J connectivity index is 3.99. The Morgan fingerprint density at radius 1 is 0.763 bits per heavy atom. The molecule has 0 saturated heterocycles. The molecule has 0 aliphatic carbocycles. The van der Waals surface area contributed by atoms with Gasteiger partial charge in [0.15, 0.2) is 0 Å². The number of unbranched alkanes of at least 4 members (excludes halogenated alkanes) is 10. The van der Waals surface area contributed by atoms with Crippen molar-refractivity contribution in [3.8, 4) is 0 Å². The number of rotatable bonds is 29. The number of carbonyl (C=O) groups excluding carboxylic acids is 1. The number of Topliss-reactive ketones (excluding diaryl/α,β-unsaturated/α-hetero) is 1. The molecule has 0 aromatic heterocycles. The number of carbonyl (C=O) groups is 1. The highest BCUT2D eigenvalue weighted by molar-refractivity contribution is 5.78. The average Bonchev–Trinajstić information content (AvgIpc) is 2.88. The molecule has 38 heavy (non-hydrogen) atoms. The molecule has 6 heteroatoms. The minimum absolute atomic E-state index is 0.0111. The van der Waals surface area contributed by atoms with Crippen molar-refractivity contribution in [2.24, 2.45) is 5.41 Å². The number of hydrogen-bond acceptors (Lipinski definition) is 6. The SMILES string of the molecule is CCCCCCCCC(O)C(CCCCCCCC(=O)CCCCC(C)(C)CC(O)CO)OCCOCC. The average molecular weight is 545 g/mol. The van der Waals surface area contributed by atoms with Gasteiger partial charge in [-0.1, -0.05) is 91.4 Å². The molecule has 228 valence electrons. The molecule has 0 amide bonds. The van der Waals surface area contributed by atoms with Gasteiger partial charge in [0.1, 0.15) is 5.78 Å². The standard InChI is InChI=1S/C32H64O6/c1-5-7-8-9-12-15-21-30(36)31(38-25-24-37-6-2)22-16-13-10-11-14-19-28(34)20-17-18-23-32(3,4)26-29(35)27-33/h29-31,33,35-36H,5-27H2,1-4H3. The maximum Gasteiger partial charge on any atom is 0.132 e. The Bertz CT molecular complexity index is 524. The maximum absolute atomic E-state index is 12.2. The smallest absolute Gasteiger partial charge is 0.132 e. The van der Waals surface area contributed by atoms with E-state index in [-0.39, 0.29) is 18.1 Å². The molecular formula is C32H64O6. The van der Waals surface area contributed by atoms with Crippen LogP contribution in [0.3, 0.4) is 0 Å². The van der Waals surface area contributed by atoms with Crippen molar-refractivity contribution in [2.45, 2.75) is 168 Å². The van der Waals surface area contributed by atoms with Gasteiger partial charge in [0.25, 0.3) is 0 Å². The van der Waals surface area contributed by atoms with Crippen LogP contribution in [0, 0.1) is 5.41 Å². The predicted molar refractivity (Wildman–Crippen MR) is 158 cm³/mol.